The number of carboxylic acid groups (broad SMARTS) is 1. The summed E-state index contributed by atoms with van der Waals surface area (Å²) in [5.74, 6) is -2.62. The number of methoxy groups -OCH3 is 1. The van der Waals surface area contributed by atoms with Gasteiger partial charge in [0.2, 0.25) is 11.9 Å². The molecule has 0 aromatic heterocycles. The summed E-state index contributed by atoms with van der Waals surface area (Å²) in [5, 5.41) is 36.6. The first-order chi connectivity index (χ1) is 26.9. The highest BCUT2D eigenvalue weighted by Crippen LogP contribution is 2.20. The molecule has 0 aliphatic carbocycles. The van der Waals surface area contributed by atoms with Gasteiger partial charge in [-0.1, -0.05) is 0 Å². The third-order valence-electron chi connectivity index (χ3n) is 5.72. The Labute approximate surface area is 344 Å². The number of nitrogens with zero attached hydrogens (tertiary/aromatic N) is 4. The van der Waals surface area contributed by atoms with Gasteiger partial charge in [-0.05, 0) is 119 Å². The molecule has 20 heteroatoms. The monoisotopic (exact) mass is 826 g/mol. The summed E-state index contributed by atoms with van der Waals surface area (Å²) in [6, 6.07) is 11.4. The van der Waals surface area contributed by atoms with Gasteiger partial charge in [0.1, 0.15) is 22.4 Å². The van der Waals surface area contributed by atoms with Gasteiger partial charge in [0.15, 0.2) is 0 Å². The average molecular weight is 827 g/mol. The van der Waals surface area contributed by atoms with E-state index in [0.29, 0.717) is 0 Å². The number of rotatable bonds is 4. The molecule has 0 aliphatic rings. The molecule has 0 atom stereocenters. The Morgan fingerprint density at radius 1 is 0.542 bits per heavy atom. The lowest BCUT2D eigenvalue weighted by Gasteiger charge is -2.22. The third-order valence-corrected chi connectivity index (χ3v) is 5.72. The molecule has 0 aliphatic heterocycles. The minimum Gasteiger partial charge on any atom is -0.478 e. The number of carbonyl (C=O) groups excluding carboxylic acids is 5. The Kier molecular flexibility index (Phi) is 17.6. The number of hydrogen-bond acceptors (Lipinski definition) is 15. The molecule has 0 saturated carbocycles. The lowest BCUT2D eigenvalue weighted by molar-refractivity contribution is 0.0521. The number of aromatic carboxylic acids is 1. The van der Waals surface area contributed by atoms with E-state index in [0.717, 1.165) is 0 Å². The summed E-state index contributed by atoms with van der Waals surface area (Å²) in [4.78, 5) is 79.6. The number of ether oxygens (including phenoxy) is 5. The van der Waals surface area contributed by atoms with Crippen LogP contribution in [0.1, 0.15) is 118 Å². The second-order valence-electron chi connectivity index (χ2n) is 16.0. The maximum absolute atomic E-state index is 12.1. The molecule has 0 unspecified atom stereocenters. The van der Waals surface area contributed by atoms with E-state index in [4.69, 9.17) is 24.2 Å². The molecule has 0 spiro atoms. The molecule has 0 heterocycles. The molecule has 2 aromatic carbocycles. The first-order valence-electron chi connectivity index (χ1n) is 17.5. The van der Waals surface area contributed by atoms with Crippen LogP contribution in [0.2, 0.25) is 0 Å². The summed E-state index contributed by atoms with van der Waals surface area (Å²) in [6.45, 7) is 19.9. The van der Waals surface area contributed by atoms with Crippen LogP contribution in [0, 0.1) is 22.7 Å². The summed E-state index contributed by atoms with van der Waals surface area (Å²) in [5.41, 5.74) is -3.01. The number of guanidine groups is 2. The normalized spacial score (nSPS) is 10.9. The molecule has 20 nitrogen and oxygen atoms in total. The Balaban J connectivity index is 0. The predicted octanol–water partition coefficient (Wildman–Crippen LogP) is 7.17. The maximum atomic E-state index is 12.1. The molecule has 0 bridgehead atoms. The van der Waals surface area contributed by atoms with Gasteiger partial charge >= 0.3 is 36.3 Å². The number of alkyl carbamates (subject to hydrolysis) is 4. The minimum atomic E-state index is -1.26. The number of carboxylic acids is 1. The molecule has 59 heavy (non-hydrogen) atoms. The van der Waals surface area contributed by atoms with Crippen molar-refractivity contribution in [2.75, 3.05) is 7.11 Å². The van der Waals surface area contributed by atoms with Crippen molar-refractivity contribution in [1.29, 1.82) is 10.5 Å². The van der Waals surface area contributed by atoms with Crippen LogP contribution in [0.4, 0.5) is 30.6 Å². The fourth-order valence-electron chi connectivity index (χ4n) is 3.87. The van der Waals surface area contributed by atoms with Gasteiger partial charge in [0.05, 0.1) is 52.9 Å². The second kappa shape index (κ2) is 20.8. The highest BCUT2D eigenvalue weighted by molar-refractivity contribution is 6.03. The van der Waals surface area contributed by atoms with Crippen molar-refractivity contribution >= 4 is 59.6 Å². The van der Waals surface area contributed by atoms with Crippen LogP contribution in [0.15, 0.2) is 46.4 Å². The zero-order valence-electron chi connectivity index (χ0n) is 35.2. The number of carbonyl (C=O) groups is 6. The van der Waals surface area contributed by atoms with Gasteiger partial charge < -0.3 is 28.8 Å². The van der Waals surface area contributed by atoms with Crippen molar-refractivity contribution in [3.63, 3.8) is 0 Å². The standard InChI is InChI=1S/C20H26N4O6.C19H24N4O6.2H2/c1-19(2,3)29-17(26)23-16(24-18(27)30-20(4,5)6)22-14-9-12(11-21)8-13(10-14)15(25)28-7;1-18(2,3)28-16(26)22-15(23-17(27)29-19(4,5)6)21-13-8-11(10-20)7-12(9-13)14(24)25;;/h8-10H,1-7H3,(H2,22,23,24,26,27);7-9H,1-6H3,(H,24,25)(H2,21,22,23,26,27);2*1H. The summed E-state index contributed by atoms with van der Waals surface area (Å²) in [7, 11) is 1.20. The number of aliphatic imine (C=N–C) groups is 2. The number of hydrogen-bond donors (Lipinski definition) is 5. The quantitative estimate of drug-likeness (QED) is 0.0884. The van der Waals surface area contributed by atoms with Crippen LogP contribution in [0.5, 0.6) is 0 Å². The van der Waals surface area contributed by atoms with Crippen LogP contribution in [-0.4, -0.2) is 82.9 Å². The molecular weight excluding hydrogens is 772 g/mol. The Morgan fingerprint density at radius 3 is 1.08 bits per heavy atom. The van der Waals surface area contributed by atoms with Crippen molar-refractivity contribution < 1.29 is 60.4 Å². The first-order valence-corrected chi connectivity index (χ1v) is 17.5. The number of amides is 4. The van der Waals surface area contributed by atoms with Gasteiger partial charge in [-0.25, -0.2) is 38.8 Å². The predicted molar refractivity (Wildman–Crippen MR) is 217 cm³/mol. The van der Waals surface area contributed by atoms with Crippen LogP contribution in [-0.2, 0) is 23.7 Å². The highest BCUT2D eigenvalue weighted by atomic mass is 16.6. The van der Waals surface area contributed by atoms with E-state index in [-0.39, 0.29) is 48.4 Å². The molecule has 0 radical (unpaired) electrons. The fourth-order valence-corrected chi connectivity index (χ4v) is 3.87. The van der Waals surface area contributed by atoms with E-state index in [2.05, 4.69) is 36.0 Å². The van der Waals surface area contributed by atoms with Crippen LogP contribution in [0.25, 0.3) is 0 Å². The number of esters is 1. The Bertz CT molecular complexity index is 2000. The van der Waals surface area contributed by atoms with E-state index in [1.807, 2.05) is 12.1 Å². The molecular formula is C39H54N8O12. The fraction of sp³-hybridized carbons (Fsp3) is 0.436. The van der Waals surface area contributed by atoms with E-state index >= 15 is 0 Å². The zero-order valence-corrected chi connectivity index (χ0v) is 35.2. The molecule has 322 valence electrons. The summed E-state index contributed by atoms with van der Waals surface area (Å²) < 4.78 is 25.2. The van der Waals surface area contributed by atoms with Crippen LogP contribution < -0.4 is 21.3 Å². The molecule has 4 amide bonds. The lowest BCUT2D eigenvalue weighted by atomic mass is 10.1. The lowest BCUT2D eigenvalue weighted by Crippen LogP contribution is -2.47. The van der Waals surface area contributed by atoms with Crippen LogP contribution in [0.3, 0.4) is 0 Å². The zero-order chi connectivity index (χ0) is 45.5. The highest BCUT2D eigenvalue weighted by Gasteiger charge is 2.23. The van der Waals surface area contributed by atoms with Gasteiger partial charge in [0, 0.05) is 2.85 Å². The average Bonchev–Trinajstić information content (AvgIpc) is 3.04. The third kappa shape index (κ3) is 21.6. The number of nitrogens with one attached hydrogen (secondary N) is 4. The van der Waals surface area contributed by atoms with Gasteiger partial charge in [-0.3, -0.25) is 21.3 Å². The van der Waals surface area contributed by atoms with E-state index in [1.54, 1.807) is 83.1 Å². The first kappa shape index (κ1) is 49.8. The van der Waals surface area contributed by atoms with E-state index < -0.39 is 58.7 Å². The van der Waals surface area contributed by atoms with Gasteiger partial charge in [-0.15, -0.1) is 0 Å². The smallest absolute Gasteiger partial charge is 0.414 e. The topological polar surface area (TPSA) is 289 Å². The molecule has 2 rings (SSSR count). The molecule has 5 N–H and O–H groups in total. The maximum Gasteiger partial charge on any atom is 0.414 e. The summed E-state index contributed by atoms with van der Waals surface area (Å²) >= 11 is 0. The van der Waals surface area contributed by atoms with Gasteiger partial charge in [-0.2, -0.15) is 10.5 Å². The number of benzene rings is 2. The molecule has 2 aromatic rings. The minimum absolute atomic E-state index is 0. The van der Waals surface area contributed by atoms with Gasteiger partial charge in [0.25, 0.3) is 0 Å². The van der Waals surface area contributed by atoms with Crippen molar-refractivity contribution in [1.82, 2.24) is 21.3 Å². The van der Waals surface area contributed by atoms with E-state index in [1.165, 1.54) is 43.5 Å². The molecule has 0 fully saturated rings. The SMILES string of the molecule is CC(C)(C)OC(=O)NC(=Nc1cc(C#N)cc(C(=O)O)c1)NC(=O)OC(C)(C)C.COC(=O)c1cc(C#N)cc(N=C(NC(=O)OC(C)(C)C)NC(=O)OC(C)(C)C)c1.[HH].[HH]. The van der Waals surface area contributed by atoms with E-state index in [9.17, 15) is 39.1 Å². The van der Waals surface area contributed by atoms with Crippen molar-refractivity contribution in [2.45, 2.75) is 105 Å². The van der Waals surface area contributed by atoms with Crippen molar-refractivity contribution in [3.8, 4) is 12.1 Å². The largest absolute Gasteiger partial charge is 0.478 e. The van der Waals surface area contributed by atoms with Crippen molar-refractivity contribution in [2.24, 2.45) is 9.98 Å². The second-order valence-corrected chi connectivity index (χ2v) is 16.0. The number of nitriles is 2. The Morgan fingerprint density at radius 2 is 0.831 bits per heavy atom. The molecule has 0 saturated heterocycles. The Hall–Kier alpha value is -7.22. The van der Waals surface area contributed by atoms with Crippen molar-refractivity contribution in [3.05, 3.63) is 58.7 Å². The summed E-state index contributed by atoms with van der Waals surface area (Å²) in [6.07, 6.45) is -3.55. The van der Waals surface area contributed by atoms with Crippen LogP contribution >= 0.6 is 0 Å².